The number of alkyl halides is 3. The fraction of sp³-hybridized carbons (Fsp3) is 0.500. The molecule has 7 heteroatoms. The van der Waals surface area contributed by atoms with Crippen LogP contribution >= 0.6 is 0 Å². The summed E-state index contributed by atoms with van der Waals surface area (Å²) < 4.78 is 47.5. The standard InChI is InChI=1S/C20H21F3O4/c1-10-7-13(26-9-20(21,22)23)8-11(2)16(10)17-18(25)14-5-4-6-15(14)19(17)27-12(3)24/h7-8,14-15H,4-6,9H2,1-3H3. The first kappa shape index (κ1) is 19.5. The molecule has 1 fully saturated rings. The van der Waals surface area contributed by atoms with Crippen LogP contribution in [0, 0.1) is 25.7 Å². The molecule has 0 radical (unpaired) electrons. The van der Waals surface area contributed by atoms with E-state index in [0.717, 1.165) is 19.3 Å². The Kier molecular flexibility index (Phi) is 5.06. The molecule has 2 atom stereocenters. The maximum Gasteiger partial charge on any atom is 0.422 e. The third-order valence-electron chi connectivity index (χ3n) is 5.09. The van der Waals surface area contributed by atoms with E-state index in [0.29, 0.717) is 28.0 Å². The van der Waals surface area contributed by atoms with Crippen molar-refractivity contribution in [3.63, 3.8) is 0 Å². The van der Waals surface area contributed by atoms with Crippen LogP contribution in [0.1, 0.15) is 42.9 Å². The van der Waals surface area contributed by atoms with Gasteiger partial charge in [-0.3, -0.25) is 9.59 Å². The second-order valence-corrected chi connectivity index (χ2v) is 7.18. The van der Waals surface area contributed by atoms with E-state index >= 15 is 0 Å². The molecule has 1 aromatic rings. The molecule has 1 aromatic carbocycles. The van der Waals surface area contributed by atoms with Gasteiger partial charge in [-0.2, -0.15) is 13.2 Å². The van der Waals surface area contributed by atoms with Crippen molar-refractivity contribution in [1.82, 2.24) is 0 Å². The molecule has 2 aliphatic carbocycles. The molecule has 0 heterocycles. The monoisotopic (exact) mass is 382 g/mol. The molecule has 27 heavy (non-hydrogen) atoms. The van der Waals surface area contributed by atoms with Crippen LogP contribution in [0.2, 0.25) is 0 Å². The Hall–Kier alpha value is -2.31. The summed E-state index contributed by atoms with van der Waals surface area (Å²) in [6.07, 6.45) is -1.98. The van der Waals surface area contributed by atoms with E-state index < -0.39 is 18.8 Å². The summed E-state index contributed by atoms with van der Waals surface area (Å²) in [5, 5.41) is 0. The molecule has 2 aliphatic rings. The third-order valence-corrected chi connectivity index (χ3v) is 5.09. The summed E-state index contributed by atoms with van der Waals surface area (Å²) in [5.41, 5.74) is 2.22. The van der Waals surface area contributed by atoms with Crippen molar-refractivity contribution < 1.29 is 32.2 Å². The molecule has 0 aliphatic heterocycles. The van der Waals surface area contributed by atoms with Crippen molar-refractivity contribution in [2.75, 3.05) is 6.61 Å². The van der Waals surface area contributed by atoms with Crippen LogP contribution in [0.5, 0.6) is 5.75 Å². The van der Waals surface area contributed by atoms with Gasteiger partial charge in [0.1, 0.15) is 11.5 Å². The highest BCUT2D eigenvalue weighted by molar-refractivity contribution is 6.25. The first-order valence-electron chi connectivity index (χ1n) is 8.86. The molecule has 4 nitrogen and oxygen atoms in total. The predicted octanol–water partition coefficient (Wildman–Crippen LogP) is 4.52. The van der Waals surface area contributed by atoms with Gasteiger partial charge in [-0.25, -0.2) is 0 Å². The molecule has 1 saturated carbocycles. The van der Waals surface area contributed by atoms with Crippen LogP contribution in [-0.4, -0.2) is 24.5 Å². The van der Waals surface area contributed by atoms with Crippen molar-refractivity contribution in [2.24, 2.45) is 11.8 Å². The number of carbonyl (C=O) groups is 2. The zero-order valence-corrected chi connectivity index (χ0v) is 15.4. The first-order chi connectivity index (χ1) is 12.6. The van der Waals surface area contributed by atoms with E-state index in [2.05, 4.69) is 0 Å². The number of benzene rings is 1. The maximum absolute atomic E-state index is 13.0. The quantitative estimate of drug-likeness (QED) is 0.719. The largest absolute Gasteiger partial charge is 0.484 e. The number of hydrogen-bond donors (Lipinski definition) is 0. The average molecular weight is 382 g/mol. The number of Topliss-reactive ketones (excluding diaryl/α,β-unsaturated/α-hetero) is 1. The van der Waals surface area contributed by atoms with Gasteiger partial charge in [0.25, 0.3) is 0 Å². The van der Waals surface area contributed by atoms with Crippen LogP contribution in [0.25, 0.3) is 5.57 Å². The lowest BCUT2D eigenvalue weighted by molar-refractivity contribution is -0.153. The molecule has 0 saturated heterocycles. The smallest absolute Gasteiger partial charge is 0.422 e. The van der Waals surface area contributed by atoms with Crippen molar-refractivity contribution >= 4 is 17.3 Å². The Morgan fingerprint density at radius 3 is 2.30 bits per heavy atom. The predicted molar refractivity (Wildman–Crippen MR) is 92.0 cm³/mol. The first-order valence-corrected chi connectivity index (χ1v) is 8.86. The van der Waals surface area contributed by atoms with Gasteiger partial charge in [0, 0.05) is 18.8 Å². The van der Waals surface area contributed by atoms with E-state index in [1.807, 2.05) is 0 Å². The van der Waals surface area contributed by atoms with E-state index in [1.165, 1.54) is 19.1 Å². The third kappa shape index (κ3) is 3.87. The van der Waals surface area contributed by atoms with Gasteiger partial charge < -0.3 is 9.47 Å². The molecular weight excluding hydrogens is 361 g/mol. The average Bonchev–Trinajstić information content (AvgIpc) is 3.10. The second kappa shape index (κ2) is 7.02. The Balaban J connectivity index is 2.03. The SMILES string of the molecule is CC(=O)OC1=C(c2c(C)cc(OCC(F)(F)F)cc2C)C(=O)C2CCCC12. The highest BCUT2D eigenvalue weighted by atomic mass is 19.4. The van der Waals surface area contributed by atoms with Gasteiger partial charge in [0.15, 0.2) is 12.4 Å². The van der Waals surface area contributed by atoms with Crippen LogP contribution in [-0.2, 0) is 14.3 Å². The topological polar surface area (TPSA) is 52.6 Å². The number of ether oxygens (including phenoxy) is 2. The zero-order valence-electron chi connectivity index (χ0n) is 15.4. The lowest BCUT2D eigenvalue weighted by atomic mass is 9.91. The van der Waals surface area contributed by atoms with Gasteiger partial charge in [-0.15, -0.1) is 0 Å². The maximum atomic E-state index is 13.0. The summed E-state index contributed by atoms with van der Waals surface area (Å²) in [7, 11) is 0. The number of hydrogen-bond acceptors (Lipinski definition) is 4. The van der Waals surface area contributed by atoms with Crippen molar-refractivity contribution in [3.05, 3.63) is 34.6 Å². The lowest BCUT2D eigenvalue weighted by Gasteiger charge is -2.17. The Morgan fingerprint density at radius 2 is 1.74 bits per heavy atom. The lowest BCUT2D eigenvalue weighted by Crippen LogP contribution is -2.19. The second-order valence-electron chi connectivity index (χ2n) is 7.18. The molecule has 0 aromatic heterocycles. The van der Waals surface area contributed by atoms with Crippen molar-refractivity contribution in [1.29, 1.82) is 0 Å². The van der Waals surface area contributed by atoms with Gasteiger partial charge in [-0.05, 0) is 55.5 Å². The highest BCUT2D eigenvalue weighted by Gasteiger charge is 2.47. The summed E-state index contributed by atoms with van der Waals surface area (Å²) >= 11 is 0. The number of allylic oxidation sites excluding steroid dienone is 2. The number of fused-ring (bicyclic) bond motifs is 1. The van der Waals surface area contributed by atoms with Crippen LogP contribution in [0.15, 0.2) is 17.9 Å². The minimum atomic E-state index is -4.43. The molecule has 0 spiro atoms. The zero-order chi connectivity index (χ0) is 19.9. The minimum Gasteiger partial charge on any atom is -0.484 e. The number of halogens is 3. The normalized spacial score (nSPS) is 22.2. The fourth-order valence-electron chi connectivity index (χ4n) is 4.17. The van der Waals surface area contributed by atoms with Crippen molar-refractivity contribution in [3.8, 4) is 5.75 Å². The van der Waals surface area contributed by atoms with Gasteiger partial charge >= 0.3 is 12.1 Å². The van der Waals surface area contributed by atoms with Gasteiger partial charge in [0.2, 0.25) is 0 Å². The molecule has 2 unspecified atom stereocenters. The Labute approximate surface area is 155 Å². The van der Waals surface area contributed by atoms with Gasteiger partial charge in [0.05, 0.1) is 5.57 Å². The summed E-state index contributed by atoms with van der Waals surface area (Å²) in [5.74, 6) is -0.325. The Bertz CT molecular complexity index is 800. The highest BCUT2D eigenvalue weighted by Crippen LogP contribution is 2.50. The molecule has 146 valence electrons. The fourth-order valence-corrected chi connectivity index (χ4v) is 4.17. The van der Waals surface area contributed by atoms with Gasteiger partial charge in [-0.1, -0.05) is 6.42 Å². The minimum absolute atomic E-state index is 0.0519. The summed E-state index contributed by atoms with van der Waals surface area (Å²) in [6, 6.07) is 2.96. The number of ketones is 1. The van der Waals surface area contributed by atoms with Crippen LogP contribution in [0.4, 0.5) is 13.2 Å². The molecule has 0 N–H and O–H groups in total. The number of esters is 1. The van der Waals surface area contributed by atoms with Crippen LogP contribution in [0.3, 0.4) is 0 Å². The summed E-state index contributed by atoms with van der Waals surface area (Å²) in [6.45, 7) is 3.34. The van der Waals surface area contributed by atoms with E-state index in [1.54, 1.807) is 13.8 Å². The van der Waals surface area contributed by atoms with E-state index in [4.69, 9.17) is 9.47 Å². The molecule has 3 rings (SSSR count). The summed E-state index contributed by atoms with van der Waals surface area (Å²) in [4.78, 5) is 24.6. The number of rotatable bonds is 4. The molecular formula is C20H21F3O4. The number of carbonyl (C=O) groups excluding carboxylic acids is 2. The van der Waals surface area contributed by atoms with Crippen molar-refractivity contribution in [2.45, 2.75) is 46.2 Å². The molecule has 0 amide bonds. The van der Waals surface area contributed by atoms with E-state index in [-0.39, 0.29) is 23.4 Å². The Morgan fingerprint density at radius 1 is 1.15 bits per heavy atom. The van der Waals surface area contributed by atoms with E-state index in [9.17, 15) is 22.8 Å². The van der Waals surface area contributed by atoms with Crippen LogP contribution < -0.4 is 4.74 Å². The molecule has 0 bridgehead atoms. The number of aryl methyl sites for hydroxylation is 2.